The first-order chi connectivity index (χ1) is 7.44. The van der Waals surface area contributed by atoms with Crippen LogP contribution in [0.3, 0.4) is 0 Å². The van der Waals surface area contributed by atoms with Crippen LogP contribution in [0.5, 0.6) is 0 Å². The molecule has 2 aliphatic rings. The van der Waals surface area contributed by atoms with Gasteiger partial charge in [-0.25, -0.2) is 0 Å². The average Bonchev–Trinajstić information content (AvgIpc) is 2.50. The molecule has 2 saturated carbocycles. The molecule has 92 valence electrons. The van der Waals surface area contributed by atoms with E-state index in [9.17, 15) is 4.79 Å². The van der Waals surface area contributed by atoms with Crippen molar-refractivity contribution in [2.24, 2.45) is 29.1 Å². The lowest BCUT2D eigenvalue weighted by Crippen LogP contribution is -2.32. The Morgan fingerprint density at radius 3 is 2.69 bits per heavy atom. The predicted molar refractivity (Wildman–Crippen MR) is 63.9 cm³/mol. The number of hydrogen-bond donors (Lipinski definition) is 0. The Kier molecular flexibility index (Phi) is 3.02. The van der Waals surface area contributed by atoms with Crippen molar-refractivity contribution in [3.8, 4) is 0 Å². The number of methoxy groups -OCH3 is 1. The van der Waals surface area contributed by atoms with E-state index >= 15 is 0 Å². The Bertz CT molecular complexity index is 282. The summed E-state index contributed by atoms with van der Waals surface area (Å²) in [4.78, 5) is 11.8. The first-order valence-electron chi connectivity index (χ1n) is 6.52. The van der Waals surface area contributed by atoms with Crippen LogP contribution in [0.2, 0.25) is 0 Å². The van der Waals surface area contributed by atoms with Crippen LogP contribution in [0, 0.1) is 29.1 Å². The molecule has 0 aliphatic heterocycles. The number of carbonyl (C=O) groups is 1. The summed E-state index contributed by atoms with van der Waals surface area (Å²) in [5, 5.41) is 0. The fourth-order valence-electron chi connectivity index (χ4n) is 4.08. The van der Waals surface area contributed by atoms with E-state index in [1.807, 2.05) is 0 Å². The quantitative estimate of drug-likeness (QED) is 0.639. The van der Waals surface area contributed by atoms with Gasteiger partial charge in [0.15, 0.2) is 0 Å². The highest BCUT2D eigenvalue weighted by atomic mass is 16.5. The summed E-state index contributed by atoms with van der Waals surface area (Å²) in [5.41, 5.74) is 0.478. The molecule has 16 heavy (non-hydrogen) atoms. The first kappa shape index (κ1) is 11.9. The van der Waals surface area contributed by atoms with Crippen molar-refractivity contribution < 1.29 is 9.53 Å². The van der Waals surface area contributed by atoms with Gasteiger partial charge in [-0.2, -0.15) is 0 Å². The molecule has 0 amide bonds. The number of ether oxygens (including phenoxy) is 1. The molecule has 0 N–H and O–H groups in total. The average molecular weight is 224 g/mol. The number of rotatable bonds is 1. The van der Waals surface area contributed by atoms with Crippen molar-refractivity contribution in [3.63, 3.8) is 0 Å². The summed E-state index contributed by atoms with van der Waals surface area (Å²) in [6.07, 6.45) is 4.97. The van der Waals surface area contributed by atoms with Gasteiger partial charge in [0, 0.05) is 0 Å². The fourth-order valence-corrected chi connectivity index (χ4v) is 4.08. The number of fused-ring (bicyclic) bond motifs is 1. The zero-order valence-electron chi connectivity index (χ0n) is 11.0. The molecule has 0 saturated heterocycles. The molecule has 0 bridgehead atoms. The lowest BCUT2D eigenvalue weighted by atomic mass is 9.67. The first-order valence-corrected chi connectivity index (χ1v) is 6.52. The smallest absolute Gasteiger partial charge is 0.309 e. The van der Waals surface area contributed by atoms with Gasteiger partial charge in [-0.15, -0.1) is 0 Å². The van der Waals surface area contributed by atoms with E-state index in [2.05, 4.69) is 20.8 Å². The maximum absolute atomic E-state index is 11.8. The van der Waals surface area contributed by atoms with E-state index in [-0.39, 0.29) is 11.9 Å². The Labute approximate surface area is 98.7 Å². The molecule has 0 spiro atoms. The Morgan fingerprint density at radius 1 is 1.38 bits per heavy atom. The van der Waals surface area contributed by atoms with Crippen molar-refractivity contribution in [1.82, 2.24) is 0 Å². The van der Waals surface area contributed by atoms with Crippen molar-refractivity contribution in [2.45, 2.75) is 46.5 Å². The zero-order chi connectivity index (χ0) is 11.9. The predicted octanol–water partition coefficient (Wildman–Crippen LogP) is 3.26. The minimum Gasteiger partial charge on any atom is -0.469 e. The summed E-state index contributed by atoms with van der Waals surface area (Å²) >= 11 is 0. The van der Waals surface area contributed by atoms with Crippen LogP contribution in [0.25, 0.3) is 0 Å². The second-order valence-corrected chi connectivity index (χ2v) is 6.59. The van der Waals surface area contributed by atoms with E-state index in [1.165, 1.54) is 32.8 Å². The maximum atomic E-state index is 11.8. The molecule has 0 heterocycles. The van der Waals surface area contributed by atoms with Crippen LogP contribution in [0.4, 0.5) is 0 Å². The van der Waals surface area contributed by atoms with Gasteiger partial charge in [0.05, 0.1) is 13.0 Å². The number of esters is 1. The maximum Gasteiger partial charge on any atom is 0.309 e. The highest BCUT2D eigenvalue weighted by Crippen LogP contribution is 2.53. The monoisotopic (exact) mass is 224 g/mol. The van der Waals surface area contributed by atoms with Gasteiger partial charge in [0.2, 0.25) is 0 Å². The largest absolute Gasteiger partial charge is 0.469 e. The minimum atomic E-state index is 0.0275. The van der Waals surface area contributed by atoms with E-state index in [0.29, 0.717) is 17.3 Å². The molecule has 0 aromatic carbocycles. The van der Waals surface area contributed by atoms with Gasteiger partial charge >= 0.3 is 5.97 Å². The van der Waals surface area contributed by atoms with Crippen LogP contribution in [0.15, 0.2) is 0 Å². The van der Waals surface area contributed by atoms with Crippen LogP contribution in [-0.4, -0.2) is 13.1 Å². The normalized spacial score (nSPS) is 41.5. The topological polar surface area (TPSA) is 26.3 Å². The molecule has 2 heteroatoms. The number of hydrogen-bond acceptors (Lipinski definition) is 2. The summed E-state index contributed by atoms with van der Waals surface area (Å²) in [5.74, 6) is 2.06. The lowest BCUT2D eigenvalue weighted by Gasteiger charge is -2.38. The van der Waals surface area contributed by atoms with Crippen molar-refractivity contribution in [2.75, 3.05) is 7.11 Å². The molecule has 0 unspecified atom stereocenters. The molecule has 4 atom stereocenters. The lowest BCUT2D eigenvalue weighted by molar-refractivity contribution is -0.148. The summed E-state index contributed by atoms with van der Waals surface area (Å²) in [6, 6.07) is 0. The van der Waals surface area contributed by atoms with E-state index in [4.69, 9.17) is 4.74 Å². The van der Waals surface area contributed by atoms with Crippen LogP contribution in [-0.2, 0) is 9.53 Å². The molecular weight excluding hydrogens is 200 g/mol. The third kappa shape index (κ3) is 1.99. The SMILES string of the molecule is COC(=O)[C@H]1[C@H]2CCC(C)(C)C[C@H]2C[C@@H]1C. The van der Waals surface area contributed by atoms with Crippen molar-refractivity contribution >= 4 is 5.97 Å². The van der Waals surface area contributed by atoms with Gasteiger partial charge in [-0.3, -0.25) is 4.79 Å². The highest BCUT2D eigenvalue weighted by Gasteiger charge is 2.49. The summed E-state index contributed by atoms with van der Waals surface area (Å²) < 4.78 is 4.97. The highest BCUT2D eigenvalue weighted by molar-refractivity contribution is 5.73. The fraction of sp³-hybridized carbons (Fsp3) is 0.929. The van der Waals surface area contributed by atoms with Crippen LogP contribution in [0.1, 0.15) is 46.5 Å². The van der Waals surface area contributed by atoms with Gasteiger partial charge in [0.25, 0.3) is 0 Å². The van der Waals surface area contributed by atoms with Crippen LogP contribution < -0.4 is 0 Å². The molecule has 0 aromatic heterocycles. The molecule has 0 aromatic rings. The van der Waals surface area contributed by atoms with Gasteiger partial charge < -0.3 is 4.74 Å². The minimum absolute atomic E-state index is 0.0275. The van der Waals surface area contributed by atoms with Crippen molar-refractivity contribution in [3.05, 3.63) is 0 Å². The van der Waals surface area contributed by atoms with Crippen molar-refractivity contribution in [1.29, 1.82) is 0 Å². The molecule has 2 rings (SSSR count). The Hall–Kier alpha value is -0.530. The number of carbonyl (C=O) groups excluding carboxylic acids is 1. The third-order valence-electron chi connectivity index (χ3n) is 4.80. The summed E-state index contributed by atoms with van der Waals surface area (Å²) in [6.45, 7) is 6.94. The van der Waals surface area contributed by atoms with E-state index < -0.39 is 0 Å². The van der Waals surface area contributed by atoms with Gasteiger partial charge in [-0.1, -0.05) is 20.8 Å². The third-order valence-corrected chi connectivity index (χ3v) is 4.80. The van der Waals surface area contributed by atoms with E-state index in [0.717, 1.165) is 5.92 Å². The molecule has 2 nitrogen and oxygen atoms in total. The summed E-state index contributed by atoms with van der Waals surface area (Å²) in [7, 11) is 1.52. The molecule has 2 aliphatic carbocycles. The molecular formula is C14H24O2. The zero-order valence-corrected chi connectivity index (χ0v) is 11.0. The Morgan fingerprint density at radius 2 is 2.06 bits per heavy atom. The Balaban J connectivity index is 2.12. The van der Waals surface area contributed by atoms with Crippen LogP contribution >= 0.6 is 0 Å². The standard InChI is InChI=1S/C14H24O2/c1-9-7-10-8-14(2,3)6-5-11(10)12(9)13(15)16-4/h9-12H,5-8H2,1-4H3/t9-,10+,11-,12+/m0/s1. The van der Waals surface area contributed by atoms with E-state index in [1.54, 1.807) is 0 Å². The molecule has 0 radical (unpaired) electrons. The second kappa shape index (κ2) is 4.05. The molecule has 2 fully saturated rings. The second-order valence-electron chi connectivity index (χ2n) is 6.59. The van der Waals surface area contributed by atoms with Gasteiger partial charge in [0.1, 0.15) is 0 Å². The van der Waals surface area contributed by atoms with Gasteiger partial charge in [-0.05, 0) is 48.9 Å².